The Morgan fingerprint density at radius 2 is 2.05 bits per heavy atom. The third-order valence-electron chi connectivity index (χ3n) is 4.57. The highest BCUT2D eigenvalue weighted by Crippen LogP contribution is 2.37. The van der Waals surface area contributed by atoms with Crippen LogP contribution in [-0.4, -0.2) is 28.1 Å². The first kappa shape index (κ1) is 13.2. The lowest BCUT2D eigenvalue weighted by Gasteiger charge is -2.22. The van der Waals surface area contributed by atoms with Gasteiger partial charge in [0.15, 0.2) is 0 Å². The first-order valence-corrected chi connectivity index (χ1v) is 7.60. The van der Waals surface area contributed by atoms with Crippen LogP contribution >= 0.6 is 0 Å². The predicted octanol–water partition coefficient (Wildman–Crippen LogP) is 2.11. The van der Waals surface area contributed by atoms with Crippen LogP contribution in [-0.2, 0) is 17.6 Å². The van der Waals surface area contributed by atoms with Crippen LogP contribution in [0.3, 0.4) is 0 Å². The van der Waals surface area contributed by atoms with Gasteiger partial charge < -0.3 is 10.5 Å². The van der Waals surface area contributed by atoms with Crippen molar-refractivity contribution in [1.29, 1.82) is 0 Å². The zero-order chi connectivity index (χ0) is 15.0. The number of nitrogens with zero attached hydrogens (tertiary/aromatic N) is 3. The minimum Gasteiger partial charge on any atom is -0.463 e. The van der Waals surface area contributed by atoms with E-state index in [4.69, 9.17) is 10.5 Å². The summed E-state index contributed by atoms with van der Waals surface area (Å²) in [5.74, 6) is 0. The molecule has 0 saturated heterocycles. The van der Waals surface area contributed by atoms with Crippen molar-refractivity contribution in [3.8, 4) is 11.1 Å². The fourth-order valence-corrected chi connectivity index (χ4v) is 3.57. The minimum absolute atomic E-state index is 0.179. The Hall–Kier alpha value is -2.43. The van der Waals surface area contributed by atoms with E-state index in [-0.39, 0.29) is 5.54 Å². The number of rotatable bonds is 1. The van der Waals surface area contributed by atoms with E-state index in [1.54, 1.807) is 6.33 Å². The third kappa shape index (κ3) is 2.22. The van der Waals surface area contributed by atoms with E-state index >= 15 is 0 Å². The molecule has 4 rings (SSSR count). The molecule has 5 heteroatoms. The van der Waals surface area contributed by atoms with Crippen molar-refractivity contribution < 1.29 is 4.74 Å². The Kier molecular flexibility index (Phi) is 3.06. The Labute approximate surface area is 129 Å². The summed E-state index contributed by atoms with van der Waals surface area (Å²) in [6, 6.07) is 6.78. The van der Waals surface area contributed by atoms with Crippen LogP contribution in [0.5, 0.6) is 0 Å². The maximum absolute atomic E-state index is 5.74. The summed E-state index contributed by atoms with van der Waals surface area (Å²) in [6.45, 7) is 0.594. The Bertz CT molecular complexity index is 729. The lowest BCUT2D eigenvalue weighted by molar-refractivity contribution is 0.241. The van der Waals surface area contributed by atoms with Crippen LogP contribution < -0.4 is 5.73 Å². The van der Waals surface area contributed by atoms with Crippen molar-refractivity contribution in [3.05, 3.63) is 48.0 Å². The number of hydrogen-bond donors (Lipinski definition) is 1. The van der Waals surface area contributed by atoms with Gasteiger partial charge in [0.25, 0.3) is 6.02 Å². The van der Waals surface area contributed by atoms with Crippen LogP contribution in [0, 0.1) is 0 Å². The van der Waals surface area contributed by atoms with Crippen molar-refractivity contribution in [2.24, 2.45) is 10.7 Å². The largest absolute Gasteiger partial charge is 0.463 e. The number of hydrogen-bond acceptors (Lipinski definition) is 5. The molecule has 22 heavy (non-hydrogen) atoms. The number of aliphatic imine (C=N–C) groups is 1. The molecule has 0 unspecified atom stereocenters. The molecule has 1 aliphatic carbocycles. The van der Waals surface area contributed by atoms with Gasteiger partial charge in [-0.2, -0.15) is 0 Å². The zero-order valence-corrected chi connectivity index (χ0v) is 12.3. The summed E-state index contributed by atoms with van der Waals surface area (Å²) in [5, 5.41) is 0. The Morgan fingerprint density at radius 3 is 2.82 bits per heavy atom. The van der Waals surface area contributed by atoms with E-state index in [1.807, 2.05) is 12.4 Å². The molecule has 1 aromatic heterocycles. The Morgan fingerprint density at radius 1 is 1.18 bits per heavy atom. The maximum Gasteiger partial charge on any atom is 0.282 e. The second-order valence-corrected chi connectivity index (χ2v) is 6.06. The molecular weight excluding hydrogens is 276 g/mol. The monoisotopic (exact) mass is 294 g/mol. The molecule has 0 amide bonds. The van der Waals surface area contributed by atoms with Crippen LogP contribution in [0.2, 0.25) is 0 Å². The number of amidine groups is 1. The summed E-state index contributed by atoms with van der Waals surface area (Å²) >= 11 is 0. The standard InChI is InChI=1S/C17H18N4O/c18-16-21-17(10-22-16)6-2-5-14-12(7-17)3-1-4-15(14)13-8-19-11-20-9-13/h1,3-4,8-9,11H,2,5-7,10H2,(H2,18,21)/t17-/m0/s1. The average Bonchev–Trinajstić information content (AvgIpc) is 2.79. The van der Waals surface area contributed by atoms with Gasteiger partial charge in [-0.1, -0.05) is 18.2 Å². The fraction of sp³-hybridized carbons (Fsp3) is 0.353. The molecule has 0 saturated carbocycles. The first-order valence-electron chi connectivity index (χ1n) is 7.60. The summed E-state index contributed by atoms with van der Waals surface area (Å²) in [6.07, 6.45) is 9.32. The predicted molar refractivity (Wildman–Crippen MR) is 84.4 cm³/mol. The number of ether oxygens (including phenoxy) is 1. The van der Waals surface area contributed by atoms with Crippen LogP contribution in [0.4, 0.5) is 0 Å². The summed E-state index contributed by atoms with van der Waals surface area (Å²) in [4.78, 5) is 12.9. The SMILES string of the molecule is NC1=N[C@]2(CCCc3c(cccc3-c3cncnc3)C2)CO1. The van der Waals surface area contributed by atoms with Gasteiger partial charge in [0.05, 0.1) is 0 Å². The van der Waals surface area contributed by atoms with E-state index in [0.29, 0.717) is 12.6 Å². The molecule has 112 valence electrons. The van der Waals surface area contributed by atoms with Crippen LogP contribution in [0.25, 0.3) is 11.1 Å². The average molecular weight is 294 g/mol. The lowest BCUT2D eigenvalue weighted by Crippen LogP contribution is -2.30. The molecule has 2 aromatic rings. The molecule has 1 aliphatic heterocycles. The van der Waals surface area contributed by atoms with Crippen molar-refractivity contribution in [3.63, 3.8) is 0 Å². The number of benzene rings is 1. The third-order valence-corrected chi connectivity index (χ3v) is 4.57. The Balaban J connectivity index is 1.78. The van der Waals surface area contributed by atoms with E-state index < -0.39 is 0 Å². The molecule has 1 aromatic carbocycles. The molecule has 1 spiro atoms. The molecule has 0 radical (unpaired) electrons. The molecule has 0 bridgehead atoms. The summed E-state index contributed by atoms with van der Waals surface area (Å²) in [7, 11) is 0. The summed E-state index contributed by atoms with van der Waals surface area (Å²) in [5.41, 5.74) is 10.6. The maximum atomic E-state index is 5.74. The van der Waals surface area contributed by atoms with Gasteiger partial charge in [0.2, 0.25) is 0 Å². The van der Waals surface area contributed by atoms with Crippen LogP contribution in [0.15, 0.2) is 41.9 Å². The summed E-state index contributed by atoms with van der Waals surface area (Å²) < 4.78 is 5.44. The number of aromatic nitrogens is 2. The lowest BCUT2D eigenvalue weighted by atomic mass is 9.88. The second-order valence-electron chi connectivity index (χ2n) is 6.06. The molecule has 2 N–H and O–H groups in total. The van der Waals surface area contributed by atoms with Crippen molar-refractivity contribution >= 4 is 6.02 Å². The van der Waals surface area contributed by atoms with Crippen molar-refractivity contribution in [2.45, 2.75) is 31.2 Å². The highest BCUT2D eigenvalue weighted by atomic mass is 16.5. The number of nitrogens with two attached hydrogens (primary N) is 1. The molecule has 1 atom stereocenters. The van der Waals surface area contributed by atoms with Gasteiger partial charge in [0.1, 0.15) is 18.5 Å². The van der Waals surface area contributed by atoms with Crippen LogP contribution in [0.1, 0.15) is 24.0 Å². The molecule has 0 fully saturated rings. The van der Waals surface area contributed by atoms with Gasteiger partial charge >= 0.3 is 0 Å². The molecule has 2 aliphatic rings. The van der Waals surface area contributed by atoms with Gasteiger partial charge in [-0.3, -0.25) is 0 Å². The quantitative estimate of drug-likeness (QED) is 0.874. The van der Waals surface area contributed by atoms with Gasteiger partial charge in [-0.15, -0.1) is 0 Å². The van der Waals surface area contributed by atoms with E-state index in [2.05, 4.69) is 33.2 Å². The van der Waals surface area contributed by atoms with Gasteiger partial charge in [-0.05, 0) is 36.0 Å². The molecule has 5 nitrogen and oxygen atoms in total. The van der Waals surface area contributed by atoms with E-state index in [0.717, 1.165) is 31.2 Å². The highest BCUT2D eigenvalue weighted by molar-refractivity contribution is 5.74. The van der Waals surface area contributed by atoms with Crippen molar-refractivity contribution in [2.75, 3.05) is 6.61 Å². The minimum atomic E-state index is -0.179. The highest BCUT2D eigenvalue weighted by Gasteiger charge is 2.38. The molecule has 2 heterocycles. The first-order chi connectivity index (χ1) is 10.8. The van der Waals surface area contributed by atoms with Crippen molar-refractivity contribution in [1.82, 2.24) is 9.97 Å². The number of fused-ring (bicyclic) bond motifs is 1. The van der Waals surface area contributed by atoms with Gasteiger partial charge in [-0.25, -0.2) is 15.0 Å². The normalized spacial score (nSPS) is 23.5. The van der Waals surface area contributed by atoms with Gasteiger partial charge in [0, 0.05) is 24.4 Å². The molecular formula is C17H18N4O. The van der Waals surface area contributed by atoms with E-state index in [9.17, 15) is 0 Å². The van der Waals surface area contributed by atoms with E-state index in [1.165, 1.54) is 16.7 Å². The smallest absolute Gasteiger partial charge is 0.282 e. The topological polar surface area (TPSA) is 73.4 Å². The fourth-order valence-electron chi connectivity index (χ4n) is 3.57. The zero-order valence-electron chi connectivity index (χ0n) is 12.3. The second kappa shape index (κ2) is 5.09.